The van der Waals surface area contributed by atoms with Crippen molar-refractivity contribution in [1.82, 2.24) is 5.32 Å². The quantitative estimate of drug-likeness (QED) is 0.630. The van der Waals surface area contributed by atoms with Gasteiger partial charge in [-0.3, -0.25) is 9.59 Å². The van der Waals surface area contributed by atoms with Gasteiger partial charge in [0.25, 0.3) is 0 Å². The molecule has 1 aliphatic carbocycles. The second-order valence-electron chi connectivity index (χ2n) is 3.31. The van der Waals surface area contributed by atoms with Crippen LogP contribution in [0, 0.1) is 5.92 Å². The molecule has 0 atom stereocenters. The summed E-state index contributed by atoms with van der Waals surface area (Å²) in [7, 11) is 0. The van der Waals surface area contributed by atoms with Crippen molar-refractivity contribution in [3.8, 4) is 0 Å². The predicted octanol–water partition coefficient (Wildman–Crippen LogP) is 0.490. The van der Waals surface area contributed by atoms with Crippen LogP contribution >= 0.6 is 0 Å². The van der Waals surface area contributed by atoms with Crippen molar-refractivity contribution in [1.29, 1.82) is 0 Å². The summed E-state index contributed by atoms with van der Waals surface area (Å²) in [6.45, 7) is 3.83. The Labute approximate surface area is 66.2 Å². The lowest BCUT2D eigenvalue weighted by molar-refractivity contribution is -0.138. The second kappa shape index (κ2) is 3.03. The molecule has 11 heavy (non-hydrogen) atoms. The molecule has 0 aromatic heterocycles. The summed E-state index contributed by atoms with van der Waals surface area (Å²) in [5, 5.41) is 2.77. The Bertz CT molecular complexity index is 179. The van der Waals surface area contributed by atoms with E-state index in [0.29, 0.717) is 12.8 Å². The average molecular weight is 155 g/mol. The fraction of sp³-hybridized carbons (Fsp3) is 0.750. The molecule has 1 aliphatic rings. The molecule has 0 heterocycles. The fourth-order valence-corrected chi connectivity index (χ4v) is 1.08. The van der Waals surface area contributed by atoms with E-state index in [9.17, 15) is 9.59 Å². The first-order valence-electron chi connectivity index (χ1n) is 3.91. The van der Waals surface area contributed by atoms with E-state index in [1.165, 1.54) is 0 Å². The SMILES string of the molecule is CC(C)NC(=O)C1CC(=O)C1. The van der Waals surface area contributed by atoms with Gasteiger partial charge in [-0.15, -0.1) is 0 Å². The number of ketones is 1. The van der Waals surface area contributed by atoms with Gasteiger partial charge in [-0.1, -0.05) is 0 Å². The number of hydrogen-bond acceptors (Lipinski definition) is 2. The van der Waals surface area contributed by atoms with Crippen LogP contribution < -0.4 is 5.32 Å². The van der Waals surface area contributed by atoms with Gasteiger partial charge >= 0.3 is 0 Å². The van der Waals surface area contributed by atoms with Crippen molar-refractivity contribution >= 4 is 11.7 Å². The first-order valence-corrected chi connectivity index (χ1v) is 3.91. The molecule has 0 unspecified atom stereocenters. The normalized spacial score (nSPS) is 18.3. The summed E-state index contributed by atoms with van der Waals surface area (Å²) < 4.78 is 0. The van der Waals surface area contributed by atoms with E-state index in [1.807, 2.05) is 13.8 Å². The van der Waals surface area contributed by atoms with Crippen LogP contribution in [-0.4, -0.2) is 17.7 Å². The highest BCUT2D eigenvalue weighted by Crippen LogP contribution is 2.22. The van der Waals surface area contributed by atoms with Gasteiger partial charge in [-0.2, -0.15) is 0 Å². The van der Waals surface area contributed by atoms with E-state index in [2.05, 4.69) is 5.32 Å². The Morgan fingerprint density at radius 3 is 2.45 bits per heavy atom. The van der Waals surface area contributed by atoms with Crippen LogP contribution in [0.2, 0.25) is 0 Å². The monoisotopic (exact) mass is 155 g/mol. The maximum Gasteiger partial charge on any atom is 0.224 e. The van der Waals surface area contributed by atoms with E-state index < -0.39 is 0 Å². The standard InChI is InChI=1S/C8H13NO2/c1-5(2)9-8(11)6-3-7(10)4-6/h5-6H,3-4H2,1-2H3,(H,9,11). The summed E-state index contributed by atoms with van der Waals surface area (Å²) in [5.74, 6) is 0.193. The third-order valence-corrected chi connectivity index (χ3v) is 1.75. The molecular formula is C8H13NO2. The summed E-state index contributed by atoms with van der Waals surface area (Å²) in [6.07, 6.45) is 0.886. The third-order valence-electron chi connectivity index (χ3n) is 1.75. The van der Waals surface area contributed by atoms with E-state index in [0.717, 1.165) is 0 Å². The molecule has 1 N–H and O–H groups in total. The number of carbonyl (C=O) groups is 2. The average Bonchev–Trinajstić information content (AvgIpc) is 1.79. The highest BCUT2D eigenvalue weighted by molar-refractivity contribution is 5.96. The number of nitrogens with one attached hydrogen (secondary N) is 1. The maximum atomic E-state index is 11.1. The van der Waals surface area contributed by atoms with Crippen LogP contribution in [-0.2, 0) is 9.59 Å². The van der Waals surface area contributed by atoms with Crippen molar-refractivity contribution in [2.24, 2.45) is 5.92 Å². The Morgan fingerprint density at radius 2 is 2.09 bits per heavy atom. The Balaban J connectivity index is 2.26. The van der Waals surface area contributed by atoms with Crippen LogP contribution in [0.1, 0.15) is 26.7 Å². The van der Waals surface area contributed by atoms with Crippen molar-refractivity contribution in [3.05, 3.63) is 0 Å². The number of amides is 1. The molecule has 0 aromatic carbocycles. The van der Waals surface area contributed by atoms with Crippen molar-refractivity contribution in [2.45, 2.75) is 32.7 Å². The molecule has 1 saturated carbocycles. The molecule has 0 aliphatic heterocycles. The molecule has 0 spiro atoms. The number of Topliss-reactive ketones (excluding diaryl/α,β-unsaturated/α-hetero) is 1. The minimum absolute atomic E-state index is 0.0274. The van der Waals surface area contributed by atoms with Gasteiger partial charge in [-0.05, 0) is 13.8 Å². The zero-order valence-electron chi connectivity index (χ0n) is 6.89. The molecule has 0 saturated heterocycles. The van der Waals surface area contributed by atoms with Gasteiger partial charge in [0.05, 0.1) is 5.92 Å². The van der Waals surface area contributed by atoms with Crippen LogP contribution in [0.15, 0.2) is 0 Å². The predicted molar refractivity (Wildman–Crippen MR) is 41.0 cm³/mol. The largest absolute Gasteiger partial charge is 0.354 e. The molecule has 1 fully saturated rings. The summed E-state index contributed by atoms with van der Waals surface area (Å²) >= 11 is 0. The van der Waals surface area contributed by atoms with Crippen molar-refractivity contribution in [3.63, 3.8) is 0 Å². The van der Waals surface area contributed by atoms with Crippen LogP contribution in [0.25, 0.3) is 0 Å². The summed E-state index contributed by atoms with van der Waals surface area (Å²) in [6, 6.07) is 0.179. The minimum Gasteiger partial charge on any atom is -0.354 e. The Morgan fingerprint density at radius 1 is 1.55 bits per heavy atom. The Kier molecular flexibility index (Phi) is 2.27. The van der Waals surface area contributed by atoms with Crippen molar-refractivity contribution < 1.29 is 9.59 Å². The van der Waals surface area contributed by atoms with Gasteiger partial charge in [0.15, 0.2) is 0 Å². The van der Waals surface area contributed by atoms with Gasteiger partial charge in [-0.25, -0.2) is 0 Å². The molecule has 0 radical (unpaired) electrons. The van der Waals surface area contributed by atoms with Gasteiger partial charge in [0, 0.05) is 18.9 Å². The van der Waals surface area contributed by atoms with Gasteiger partial charge < -0.3 is 5.32 Å². The summed E-state index contributed by atoms with van der Waals surface area (Å²) in [4.78, 5) is 21.6. The van der Waals surface area contributed by atoms with Crippen LogP contribution in [0.5, 0.6) is 0 Å². The lowest BCUT2D eigenvalue weighted by Crippen LogP contribution is -2.41. The topological polar surface area (TPSA) is 46.2 Å². The lowest BCUT2D eigenvalue weighted by atomic mass is 9.83. The molecule has 1 rings (SSSR count). The highest BCUT2D eigenvalue weighted by atomic mass is 16.2. The fourth-order valence-electron chi connectivity index (χ4n) is 1.08. The first-order chi connectivity index (χ1) is 5.09. The molecule has 1 amide bonds. The lowest BCUT2D eigenvalue weighted by Gasteiger charge is -2.23. The molecular weight excluding hydrogens is 142 g/mol. The zero-order valence-corrected chi connectivity index (χ0v) is 6.89. The Hall–Kier alpha value is -0.860. The number of carbonyl (C=O) groups excluding carboxylic acids is 2. The molecule has 0 bridgehead atoms. The highest BCUT2D eigenvalue weighted by Gasteiger charge is 2.32. The number of hydrogen-bond donors (Lipinski definition) is 1. The molecule has 0 aromatic rings. The third kappa shape index (κ3) is 2.03. The zero-order chi connectivity index (χ0) is 8.43. The van der Waals surface area contributed by atoms with Gasteiger partial charge in [0.1, 0.15) is 5.78 Å². The maximum absolute atomic E-state index is 11.1. The van der Waals surface area contributed by atoms with Crippen molar-refractivity contribution in [2.75, 3.05) is 0 Å². The smallest absolute Gasteiger partial charge is 0.224 e. The van der Waals surface area contributed by atoms with E-state index >= 15 is 0 Å². The van der Waals surface area contributed by atoms with E-state index in [1.54, 1.807) is 0 Å². The first kappa shape index (κ1) is 8.24. The summed E-state index contributed by atoms with van der Waals surface area (Å²) in [5.41, 5.74) is 0. The second-order valence-corrected chi connectivity index (χ2v) is 3.31. The number of rotatable bonds is 2. The van der Waals surface area contributed by atoms with Crippen LogP contribution in [0.3, 0.4) is 0 Å². The van der Waals surface area contributed by atoms with Gasteiger partial charge in [0.2, 0.25) is 5.91 Å². The molecule has 3 nitrogen and oxygen atoms in total. The van der Waals surface area contributed by atoms with Crippen LogP contribution in [0.4, 0.5) is 0 Å². The van der Waals surface area contributed by atoms with E-state index in [4.69, 9.17) is 0 Å². The molecule has 3 heteroatoms. The minimum atomic E-state index is -0.0371. The van der Waals surface area contributed by atoms with E-state index in [-0.39, 0.29) is 23.7 Å². The molecule has 62 valence electrons.